The predicted octanol–water partition coefficient (Wildman–Crippen LogP) is 1.82. The lowest BCUT2D eigenvalue weighted by atomic mass is 10.1. The molecule has 0 radical (unpaired) electrons. The van der Waals surface area contributed by atoms with Crippen LogP contribution in [0.3, 0.4) is 0 Å². The fourth-order valence-corrected chi connectivity index (χ4v) is 2.58. The van der Waals surface area contributed by atoms with E-state index in [4.69, 9.17) is 4.74 Å². The first kappa shape index (κ1) is 15.6. The summed E-state index contributed by atoms with van der Waals surface area (Å²) in [5, 5.41) is 0. The molecule has 0 bridgehead atoms. The molecule has 1 heterocycles. The minimum absolute atomic E-state index is 0.283. The summed E-state index contributed by atoms with van der Waals surface area (Å²) in [4.78, 5) is 16.9. The summed E-state index contributed by atoms with van der Waals surface area (Å²) in [7, 11) is 7.84. The van der Waals surface area contributed by atoms with Crippen molar-refractivity contribution in [1.82, 2.24) is 4.90 Å². The van der Waals surface area contributed by atoms with Gasteiger partial charge in [0.1, 0.15) is 11.9 Å². The second-order valence-corrected chi connectivity index (χ2v) is 5.88. The monoisotopic (exact) mass is 291 g/mol. The molecule has 0 atom stereocenters. The van der Waals surface area contributed by atoms with Crippen molar-refractivity contribution in [3.05, 3.63) is 18.2 Å². The highest BCUT2D eigenvalue weighted by Gasteiger charge is 2.19. The minimum atomic E-state index is 0.283. The van der Waals surface area contributed by atoms with Crippen LogP contribution < -0.4 is 14.5 Å². The summed E-state index contributed by atoms with van der Waals surface area (Å²) in [5.41, 5.74) is 1.86. The number of benzene rings is 1. The molecule has 116 valence electrons. The Labute approximate surface area is 127 Å². The third-order valence-corrected chi connectivity index (χ3v) is 3.94. The Bertz CT molecular complexity index is 482. The highest BCUT2D eigenvalue weighted by Crippen LogP contribution is 2.32. The van der Waals surface area contributed by atoms with Gasteiger partial charge in [-0.1, -0.05) is 0 Å². The summed E-state index contributed by atoms with van der Waals surface area (Å²) in [6.07, 6.45) is 3.22. The van der Waals surface area contributed by atoms with Crippen molar-refractivity contribution < 1.29 is 9.53 Å². The molecule has 5 nitrogen and oxygen atoms in total. The van der Waals surface area contributed by atoms with E-state index in [1.54, 1.807) is 11.9 Å². The van der Waals surface area contributed by atoms with Gasteiger partial charge < -0.3 is 19.4 Å². The number of hydrogen-bond acceptors (Lipinski definition) is 4. The van der Waals surface area contributed by atoms with Gasteiger partial charge in [0.15, 0.2) is 0 Å². The van der Waals surface area contributed by atoms with Crippen molar-refractivity contribution in [2.75, 3.05) is 51.1 Å². The zero-order valence-electron chi connectivity index (χ0n) is 13.4. The number of carbonyl (C=O) groups is 1. The molecule has 0 N–H and O–H groups in total. The molecule has 5 heteroatoms. The van der Waals surface area contributed by atoms with E-state index >= 15 is 0 Å². The molecule has 1 amide bonds. The van der Waals surface area contributed by atoms with Gasteiger partial charge in [-0.3, -0.25) is 4.79 Å². The average molecular weight is 291 g/mol. The lowest BCUT2D eigenvalue weighted by Gasteiger charge is -2.30. The predicted molar refractivity (Wildman–Crippen MR) is 86.4 cm³/mol. The normalized spacial score (nSPS) is 16.6. The Hall–Kier alpha value is -1.75. The van der Waals surface area contributed by atoms with Crippen LogP contribution in [0.4, 0.5) is 11.4 Å². The van der Waals surface area contributed by atoms with Gasteiger partial charge in [0.25, 0.3) is 0 Å². The van der Waals surface area contributed by atoms with Gasteiger partial charge in [-0.2, -0.15) is 0 Å². The van der Waals surface area contributed by atoms with E-state index in [0.717, 1.165) is 49.5 Å². The molecule has 0 unspecified atom stereocenters. The highest BCUT2D eigenvalue weighted by atomic mass is 16.5. The maximum atomic E-state index is 11.0. The quantitative estimate of drug-likeness (QED) is 0.775. The van der Waals surface area contributed by atoms with E-state index in [0.29, 0.717) is 0 Å². The number of piperidine rings is 1. The molecule has 21 heavy (non-hydrogen) atoms. The number of ether oxygens (including phenoxy) is 1. The average Bonchev–Trinajstić information content (AvgIpc) is 2.48. The van der Waals surface area contributed by atoms with Crippen molar-refractivity contribution in [3.63, 3.8) is 0 Å². The third-order valence-electron chi connectivity index (χ3n) is 3.94. The Morgan fingerprint density at radius 2 is 1.86 bits per heavy atom. The highest BCUT2D eigenvalue weighted by molar-refractivity contribution is 5.84. The molecule has 0 aliphatic carbocycles. The molecule has 1 aromatic rings. The summed E-state index contributed by atoms with van der Waals surface area (Å²) in [6.45, 7) is 2.16. The topological polar surface area (TPSA) is 36.0 Å². The van der Waals surface area contributed by atoms with E-state index in [2.05, 4.69) is 11.9 Å². The maximum absolute atomic E-state index is 11.0. The zero-order valence-corrected chi connectivity index (χ0v) is 13.4. The molecule has 1 saturated heterocycles. The molecule has 1 aliphatic heterocycles. The summed E-state index contributed by atoms with van der Waals surface area (Å²) in [6, 6.07) is 5.89. The summed E-state index contributed by atoms with van der Waals surface area (Å²) in [5.74, 6) is 0.872. The SMILES string of the molecule is CN1CCC(Oc2ccc(N(C)C=O)c(N(C)C)c2)CC1. The molecule has 1 aromatic carbocycles. The van der Waals surface area contributed by atoms with Crippen LogP contribution in [0.1, 0.15) is 12.8 Å². The summed E-state index contributed by atoms with van der Waals surface area (Å²) >= 11 is 0. The minimum Gasteiger partial charge on any atom is -0.490 e. The van der Waals surface area contributed by atoms with E-state index in [-0.39, 0.29) is 6.10 Å². The van der Waals surface area contributed by atoms with E-state index in [1.165, 1.54) is 0 Å². The van der Waals surface area contributed by atoms with E-state index in [9.17, 15) is 4.79 Å². The molecule has 0 aromatic heterocycles. The van der Waals surface area contributed by atoms with Crippen LogP contribution in [-0.4, -0.2) is 58.7 Å². The van der Waals surface area contributed by atoms with Crippen LogP contribution in [0, 0.1) is 0 Å². The third kappa shape index (κ3) is 3.88. The molecule has 1 fully saturated rings. The zero-order chi connectivity index (χ0) is 15.4. The molecular formula is C16H25N3O2. The van der Waals surface area contributed by atoms with E-state index < -0.39 is 0 Å². The number of rotatable bonds is 5. The number of nitrogens with zero attached hydrogens (tertiary/aromatic N) is 3. The Morgan fingerprint density at radius 1 is 1.19 bits per heavy atom. The fourth-order valence-electron chi connectivity index (χ4n) is 2.58. The van der Waals surface area contributed by atoms with Gasteiger partial charge in [0.2, 0.25) is 6.41 Å². The first-order valence-corrected chi connectivity index (χ1v) is 7.36. The van der Waals surface area contributed by atoms with Crippen LogP contribution in [0.15, 0.2) is 18.2 Å². The van der Waals surface area contributed by atoms with Crippen LogP contribution in [0.2, 0.25) is 0 Å². The first-order valence-electron chi connectivity index (χ1n) is 7.36. The van der Waals surface area contributed by atoms with Gasteiger partial charge in [-0.15, -0.1) is 0 Å². The van der Waals surface area contributed by atoms with Crippen LogP contribution in [0.25, 0.3) is 0 Å². The second-order valence-electron chi connectivity index (χ2n) is 5.88. The van der Waals surface area contributed by atoms with Crippen LogP contribution in [-0.2, 0) is 4.79 Å². The maximum Gasteiger partial charge on any atom is 0.213 e. The second kappa shape index (κ2) is 6.80. The van der Waals surface area contributed by atoms with Gasteiger partial charge >= 0.3 is 0 Å². The number of likely N-dealkylation sites (tertiary alicyclic amines) is 1. The number of hydrogen-bond donors (Lipinski definition) is 0. The standard InChI is InChI=1S/C16H25N3O2/c1-17(2)16-11-14(5-6-15(16)19(4)12-20)21-13-7-9-18(3)10-8-13/h5-6,11-13H,7-10H2,1-4H3. The Morgan fingerprint density at radius 3 is 2.43 bits per heavy atom. The number of carbonyl (C=O) groups excluding carboxylic acids is 1. The summed E-state index contributed by atoms with van der Waals surface area (Å²) < 4.78 is 6.10. The fraction of sp³-hybridized carbons (Fsp3) is 0.562. The van der Waals surface area contributed by atoms with Crippen molar-refractivity contribution in [3.8, 4) is 5.75 Å². The largest absolute Gasteiger partial charge is 0.490 e. The Kier molecular flexibility index (Phi) is 5.07. The van der Waals surface area contributed by atoms with Gasteiger partial charge in [0, 0.05) is 40.3 Å². The Balaban J connectivity index is 2.14. The number of anilines is 2. The van der Waals surface area contributed by atoms with Crippen molar-refractivity contribution in [2.45, 2.75) is 18.9 Å². The molecule has 2 rings (SSSR count). The van der Waals surface area contributed by atoms with Crippen molar-refractivity contribution in [2.24, 2.45) is 0 Å². The van der Waals surface area contributed by atoms with Crippen molar-refractivity contribution in [1.29, 1.82) is 0 Å². The van der Waals surface area contributed by atoms with Crippen LogP contribution in [0.5, 0.6) is 5.75 Å². The van der Waals surface area contributed by atoms with Crippen LogP contribution >= 0.6 is 0 Å². The smallest absolute Gasteiger partial charge is 0.213 e. The lowest BCUT2D eigenvalue weighted by molar-refractivity contribution is -0.107. The molecule has 0 saturated carbocycles. The lowest BCUT2D eigenvalue weighted by Crippen LogP contribution is -2.35. The van der Waals surface area contributed by atoms with E-state index in [1.807, 2.05) is 37.2 Å². The van der Waals surface area contributed by atoms with Gasteiger partial charge in [-0.25, -0.2) is 0 Å². The number of amides is 1. The molecule has 1 aliphatic rings. The van der Waals surface area contributed by atoms with Gasteiger partial charge in [0.05, 0.1) is 11.4 Å². The molecule has 0 spiro atoms. The molecular weight excluding hydrogens is 266 g/mol. The van der Waals surface area contributed by atoms with Gasteiger partial charge in [-0.05, 0) is 32.0 Å². The first-order chi connectivity index (χ1) is 10.0. The van der Waals surface area contributed by atoms with Crippen molar-refractivity contribution >= 4 is 17.8 Å².